The standard InChI is InChI=1S/C22H25N3O2S/c1-14-15(2)28-21-19(14)20(26)23-18(24-21)13-25(17-11-7-4-8-12-17)22(27)16-9-5-3-6-10-16/h3,5-6,9-10,17H,4,7-8,11-13H2,1-2H3,(H,23,24,26). The van der Waals surface area contributed by atoms with Gasteiger partial charge in [-0.25, -0.2) is 4.98 Å². The maximum absolute atomic E-state index is 13.3. The second-order valence-corrected chi connectivity index (χ2v) is 8.77. The van der Waals surface area contributed by atoms with E-state index >= 15 is 0 Å². The summed E-state index contributed by atoms with van der Waals surface area (Å²) in [5, 5.41) is 0.671. The Morgan fingerprint density at radius 3 is 2.61 bits per heavy atom. The van der Waals surface area contributed by atoms with Gasteiger partial charge in [-0.05, 0) is 44.4 Å². The molecular weight excluding hydrogens is 370 g/mol. The summed E-state index contributed by atoms with van der Waals surface area (Å²) in [4.78, 5) is 37.3. The monoisotopic (exact) mass is 395 g/mol. The van der Waals surface area contributed by atoms with E-state index < -0.39 is 0 Å². The highest BCUT2D eigenvalue weighted by Gasteiger charge is 2.27. The number of nitrogens with zero attached hydrogens (tertiary/aromatic N) is 2. The molecule has 2 heterocycles. The Bertz CT molecular complexity index is 1050. The lowest BCUT2D eigenvalue weighted by Gasteiger charge is -2.34. The molecule has 0 saturated heterocycles. The lowest BCUT2D eigenvalue weighted by atomic mass is 9.93. The van der Waals surface area contributed by atoms with Crippen LogP contribution in [0.15, 0.2) is 35.1 Å². The van der Waals surface area contributed by atoms with Crippen molar-refractivity contribution < 1.29 is 4.79 Å². The van der Waals surface area contributed by atoms with Crippen molar-refractivity contribution in [1.82, 2.24) is 14.9 Å². The molecule has 0 unspecified atom stereocenters. The molecule has 3 aromatic rings. The molecule has 1 aliphatic rings. The molecule has 0 radical (unpaired) electrons. The number of aryl methyl sites for hydroxylation is 2. The van der Waals surface area contributed by atoms with Crippen molar-refractivity contribution in [2.24, 2.45) is 0 Å². The number of rotatable bonds is 4. The highest BCUT2D eigenvalue weighted by atomic mass is 32.1. The molecule has 6 heteroatoms. The van der Waals surface area contributed by atoms with Crippen LogP contribution in [0.1, 0.15) is 58.7 Å². The average Bonchev–Trinajstić information content (AvgIpc) is 3.01. The van der Waals surface area contributed by atoms with E-state index in [4.69, 9.17) is 4.98 Å². The predicted molar refractivity (Wildman–Crippen MR) is 113 cm³/mol. The average molecular weight is 396 g/mol. The maximum atomic E-state index is 13.3. The fourth-order valence-electron chi connectivity index (χ4n) is 4.04. The lowest BCUT2D eigenvalue weighted by molar-refractivity contribution is 0.0607. The minimum atomic E-state index is -0.113. The first-order chi connectivity index (χ1) is 13.5. The summed E-state index contributed by atoms with van der Waals surface area (Å²) in [5.74, 6) is 0.572. The van der Waals surface area contributed by atoms with Crippen LogP contribution in [0.2, 0.25) is 0 Å². The Hall–Kier alpha value is -2.47. The summed E-state index contributed by atoms with van der Waals surface area (Å²) >= 11 is 1.54. The molecule has 5 nitrogen and oxygen atoms in total. The highest BCUT2D eigenvalue weighted by Crippen LogP contribution is 2.28. The van der Waals surface area contributed by atoms with E-state index in [1.807, 2.05) is 49.1 Å². The molecular formula is C22H25N3O2S. The van der Waals surface area contributed by atoms with E-state index in [2.05, 4.69) is 4.98 Å². The number of benzene rings is 1. The first kappa shape index (κ1) is 18.9. The van der Waals surface area contributed by atoms with E-state index in [1.165, 1.54) is 17.8 Å². The summed E-state index contributed by atoms with van der Waals surface area (Å²) in [6.45, 7) is 4.30. The van der Waals surface area contributed by atoms with Crippen LogP contribution in [0.4, 0.5) is 0 Å². The fraction of sp³-hybridized carbons (Fsp3) is 0.409. The maximum Gasteiger partial charge on any atom is 0.259 e. The molecule has 28 heavy (non-hydrogen) atoms. The van der Waals surface area contributed by atoms with Crippen LogP contribution in [0, 0.1) is 13.8 Å². The van der Waals surface area contributed by atoms with Crippen LogP contribution >= 0.6 is 11.3 Å². The fourth-order valence-corrected chi connectivity index (χ4v) is 5.09. The molecule has 0 spiro atoms. The van der Waals surface area contributed by atoms with Crippen LogP contribution in [-0.2, 0) is 6.54 Å². The number of hydrogen-bond donors (Lipinski definition) is 1. The van der Waals surface area contributed by atoms with Gasteiger partial charge in [0.1, 0.15) is 10.7 Å². The van der Waals surface area contributed by atoms with E-state index in [0.29, 0.717) is 23.3 Å². The third-order valence-corrected chi connectivity index (χ3v) is 6.81. The summed E-state index contributed by atoms with van der Waals surface area (Å²) in [7, 11) is 0. The number of carbonyl (C=O) groups is 1. The zero-order valence-electron chi connectivity index (χ0n) is 16.3. The molecule has 0 bridgehead atoms. The normalized spacial score (nSPS) is 15.1. The number of hydrogen-bond acceptors (Lipinski definition) is 4. The third kappa shape index (κ3) is 3.61. The number of aromatic amines is 1. The first-order valence-electron chi connectivity index (χ1n) is 9.89. The van der Waals surface area contributed by atoms with Crippen LogP contribution < -0.4 is 5.56 Å². The minimum Gasteiger partial charge on any atom is -0.328 e. The molecule has 1 N–H and O–H groups in total. The van der Waals surface area contributed by atoms with Gasteiger partial charge in [-0.2, -0.15) is 0 Å². The van der Waals surface area contributed by atoms with E-state index in [0.717, 1.165) is 41.0 Å². The van der Waals surface area contributed by atoms with Crippen molar-refractivity contribution >= 4 is 27.5 Å². The van der Waals surface area contributed by atoms with Crippen molar-refractivity contribution in [3.63, 3.8) is 0 Å². The second kappa shape index (κ2) is 7.87. The Labute approximate surface area is 168 Å². The van der Waals surface area contributed by atoms with Gasteiger partial charge in [0.2, 0.25) is 0 Å². The lowest BCUT2D eigenvalue weighted by Crippen LogP contribution is -2.41. The Kier molecular flexibility index (Phi) is 5.31. The predicted octanol–water partition coefficient (Wildman–Crippen LogP) is 4.58. The number of fused-ring (bicyclic) bond motifs is 1. The molecule has 2 aromatic heterocycles. The molecule has 0 atom stereocenters. The van der Waals surface area contributed by atoms with Gasteiger partial charge in [-0.3, -0.25) is 9.59 Å². The third-order valence-electron chi connectivity index (χ3n) is 5.71. The highest BCUT2D eigenvalue weighted by molar-refractivity contribution is 7.18. The summed E-state index contributed by atoms with van der Waals surface area (Å²) in [5.41, 5.74) is 1.56. The second-order valence-electron chi connectivity index (χ2n) is 7.57. The smallest absolute Gasteiger partial charge is 0.259 e. The molecule has 146 valence electrons. The zero-order chi connectivity index (χ0) is 19.7. The largest absolute Gasteiger partial charge is 0.328 e. The summed E-state index contributed by atoms with van der Waals surface area (Å²) < 4.78 is 0. The molecule has 1 fully saturated rings. The number of thiophene rings is 1. The van der Waals surface area contributed by atoms with Gasteiger partial charge in [-0.15, -0.1) is 11.3 Å². The van der Waals surface area contributed by atoms with Gasteiger partial charge < -0.3 is 9.88 Å². The Morgan fingerprint density at radius 1 is 1.18 bits per heavy atom. The van der Waals surface area contributed by atoms with Crippen molar-refractivity contribution in [2.75, 3.05) is 0 Å². The molecule has 0 aliphatic heterocycles. The topological polar surface area (TPSA) is 66.1 Å². The Morgan fingerprint density at radius 2 is 1.89 bits per heavy atom. The van der Waals surface area contributed by atoms with Gasteiger partial charge in [0, 0.05) is 16.5 Å². The number of nitrogens with one attached hydrogen (secondary N) is 1. The summed E-state index contributed by atoms with van der Waals surface area (Å²) in [6.07, 6.45) is 5.49. The quantitative estimate of drug-likeness (QED) is 0.703. The van der Waals surface area contributed by atoms with Crippen molar-refractivity contribution in [1.29, 1.82) is 0 Å². The van der Waals surface area contributed by atoms with Gasteiger partial charge in [-0.1, -0.05) is 37.5 Å². The first-order valence-corrected chi connectivity index (χ1v) is 10.7. The number of H-pyrrole nitrogens is 1. The molecule has 1 amide bonds. The molecule has 4 rings (SSSR count). The Balaban J connectivity index is 1.70. The molecule has 1 saturated carbocycles. The van der Waals surface area contributed by atoms with E-state index in [1.54, 1.807) is 0 Å². The number of aromatic nitrogens is 2. The van der Waals surface area contributed by atoms with Gasteiger partial charge >= 0.3 is 0 Å². The number of amides is 1. The van der Waals surface area contributed by atoms with Crippen molar-refractivity contribution in [3.05, 3.63) is 62.5 Å². The number of carbonyl (C=O) groups excluding carboxylic acids is 1. The van der Waals surface area contributed by atoms with Crippen LogP contribution in [0.3, 0.4) is 0 Å². The zero-order valence-corrected chi connectivity index (χ0v) is 17.1. The van der Waals surface area contributed by atoms with Gasteiger partial charge in [0.15, 0.2) is 0 Å². The molecule has 1 aliphatic carbocycles. The van der Waals surface area contributed by atoms with Crippen molar-refractivity contribution in [2.45, 2.75) is 58.5 Å². The van der Waals surface area contributed by atoms with Crippen LogP contribution in [-0.4, -0.2) is 26.8 Å². The van der Waals surface area contributed by atoms with Crippen LogP contribution in [0.5, 0.6) is 0 Å². The summed E-state index contributed by atoms with van der Waals surface area (Å²) in [6, 6.07) is 9.57. The van der Waals surface area contributed by atoms with Crippen LogP contribution in [0.25, 0.3) is 10.2 Å². The SMILES string of the molecule is Cc1sc2nc(CN(C(=O)c3ccccc3)C3CCCCC3)[nH]c(=O)c2c1C. The van der Waals surface area contributed by atoms with Gasteiger partial charge in [0.25, 0.3) is 11.5 Å². The minimum absolute atomic E-state index is 0.00814. The van der Waals surface area contributed by atoms with Gasteiger partial charge in [0.05, 0.1) is 11.9 Å². The molecule has 1 aromatic carbocycles. The van der Waals surface area contributed by atoms with Crippen molar-refractivity contribution in [3.8, 4) is 0 Å². The van der Waals surface area contributed by atoms with E-state index in [9.17, 15) is 9.59 Å². The van der Waals surface area contributed by atoms with E-state index in [-0.39, 0.29) is 17.5 Å².